The van der Waals surface area contributed by atoms with E-state index in [4.69, 9.17) is 16.2 Å². The lowest BCUT2D eigenvalue weighted by Crippen LogP contribution is -2.13. The van der Waals surface area contributed by atoms with Gasteiger partial charge in [0.25, 0.3) is 0 Å². The maximum atomic E-state index is 10.2. The highest BCUT2D eigenvalue weighted by Crippen LogP contribution is 1.97. The molecule has 0 bridgehead atoms. The molecule has 62 valence electrons. The Bertz CT molecular complexity index is 206. The zero-order chi connectivity index (χ0) is 9.02. The van der Waals surface area contributed by atoms with Crippen molar-refractivity contribution in [2.45, 2.75) is 13.8 Å². The summed E-state index contributed by atoms with van der Waals surface area (Å²) in [5.74, 6) is -1.18. The third-order valence-electron chi connectivity index (χ3n) is 1.18. The molecule has 0 fully saturated rings. The number of nitrogens with one attached hydrogen (secondary N) is 1. The Hall–Kier alpha value is -1.32. The van der Waals surface area contributed by atoms with Crippen molar-refractivity contribution in [1.82, 2.24) is 0 Å². The van der Waals surface area contributed by atoms with Crippen molar-refractivity contribution >= 4 is 11.7 Å². The fourth-order valence-corrected chi connectivity index (χ4v) is 0.396. The number of aliphatic carboxylic acids is 1. The Morgan fingerprint density at radius 3 is 2.36 bits per heavy atom. The van der Waals surface area contributed by atoms with E-state index in [1.165, 1.54) is 0 Å². The van der Waals surface area contributed by atoms with E-state index in [1.807, 2.05) is 0 Å². The minimum atomic E-state index is -1.18. The van der Waals surface area contributed by atoms with E-state index in [0.29, 0.717) is 0 Å². The van der Waals surface area contributed by atoms with Gasteiger partial charge in [-0.15, -0.1) is 0 Å². The highest BCUT2D eigenvalue weighted by molar-refractivity contribution is 6.00. The summed E-state index contributed by atoms with van der Waals surface area (Å²) in [6.07, 6.45) is 1.16. The molecule has 4 heteroatoms. The Morgan fingerprint density at radius 2 is 2.09 bits per heavy atom. The SMILES string of the molecule is CC(C)C(=N)/C=C(\N)C(=O)O. The molecule has 0 saturated heterocycles. The van der Waals surface area contributed by atoms with E-state index < -0.39 is 5.97 Å². The van der Waals surface area contributed by atoms with Gasteiger partial charge in [0.2, 0.25) is 0 Å². The van der Waals surface area contributed by atoms with Gasteiger partial charge >= 0.3 is 5.97 Å². The van der Waals surface area contributed by atoms with Crippen LogP contribution >= 0.6 is 0 Å². The molecule has 0 amide bonds. The van der Waals surface area contributed by atoms with Crippen LogP contribution in [0.5, 0.6) is 0 Å². The summed E-state index contributed by atoms with van der Waals surface area (Å²) >= 11 is 0. The standard InChI is InChI=1S/C7H12N2O2/c1-4(2)5(8)3-6(9)7(10)11/h3-4,8H,9H2,1-2H3,(H,10,11)/b6-3-,8-5?. The van der Waals surface area contributed by atoms with Crippen molar-refractivity contribution in [1.29, 1.82) is 5.41 Å². The predicted octanol–water partition coefficient (Wildman–Crippen LogP) is 0.589. The van der Waals surface area contributed by atoms with Crippen LogP contribution in [0.2, 0.25) is 0 Å². The number of carboxylic acid groups (broad SMARTS) is 1. The molecule has 4 N–H and O–H groups in total. The molecule has 11 heavy (non-hydrogen) atoms. The van der Waals surface area contributed by atoms with Gasteiger partial charge in [-0.05, 0) is 12.0 Å². The zero-order valence-electron chi connectivity index (χ0n) is 6.59. The Labute approximate surface area is 65.2 Å². The molecule has 0 aromatic heterocycles. The first-order valence-corrected chi connectivity index (χ1v) is 3.24. The lowest BCUT2D eigenvalue weighted by atomic mass is 10.1. The largest absolute Gasteiger partial charge is 0.477 e. The Morgan fingerprint density at radius 1 is 1.64 bits per heavy atom. The molecule has 0 radical (unpaired) electrons. The summed E-state index contributed by atoms with van der Waals surface area (Å²) < 4.78 is 0. The second-order valence-electron chi connectivity index (χ2n) is 2.51. The van der Waals surface area contributed by atoms with Gasteiger partial charge in [0.1, 0.15) is 5.70 Å². The molecule has 0 aromatic rings. The first-order chi connectivity index (χ1) is 4.95. The monoisotopic (exact) mass is 156 g/mol. The molecule has 0 aromatic carbocycles. The van der Waals surface area contributed by atoms with Gasteiger partial charge in [0.05, 0.1) is 0 Å². The molecule has 0 atom stereocenters. The van der Waals surface area contributed by atoms with E-state index in [-0.39, 0.29) is 17.3 Å². The highest BCUT2D eigenvalue weighted by Gasteiger charge is 2.04. The molecule has 0 aliphatic rings. The topological polar surface area (TPSA) is 87.2 Å². The number of carboxylic acids is 1. The van der Waals surface area contributed by atoms with Crippen molar-refractivity contribution < 1.29 is 9.90 Å². The summed E-state index contributed by atoms with van der Waals surface area (Å²) in [7, 11) is 0. The Kier molecular flexibility index (Phi) is 3.30. The number of rotatable bonds is 3. The van der Waals surface area contributed by atoms with E-state index in [0.717, 1.165) is 6.08 Å². The van der Waals surface area contributed by atoms with Crippen LogP contribution in [-0.2, 0) is 4.79 Å². The number of nitrogens with two attached hydrogens (primary N) is 1. The quantitative estimate of drug-likeness (QED) is 0.412. The average Bonchev–Trinajstić information content (AvgIpc) is 1.87. The van der Waals surface area contributed by atoms with Gasteiger partial charge in [-0.1, -0.05) is 13.8 Å². The second-order valence-corrected chi connectivity index (χ2v) is 2.51. The summed E-state index contributed by atoms with van der Waals surface area (Å²) in [6.45, 7) is 3.60. The van der Waals surface area contributed by atoms with Crippen molar-refractivity contribution in [3.63, 3.8) is 0 Å². The van der Waals surface area contributed by atoms with Crippen LogP contribution in [0.3, 0.4) is 0 Å². The summed E-state index contributed by atoms with van der Waals surface area (Å²) in [5.41, 5.74) is 5.01. The van der Waals surface area contributed by atoms with Crippen LogP contribution in [0, 0.1) is 11.3 Å². The van der Waals surface area contributed by atoms with Crippen molar-refractivity contribution in [2.75, 3.05) is 0 Å². The van der Waals surface area contributed by atoms with Crippen molar-refractivity contribution in [3.8, 4) is 0 Å². The van der Waals surface area contributed by atoms with E-state index >= 15 is 0 Å². The first kappa shape index (κ1) is 9.68. The molecular formula is C7H12N2O2. The summed E-state index contributed by atoms with van der Waals surface area (Å²) in [4.78, 5) is 10.2. The average molecular weight is 156 g/mol. The normalized spacial score (nSPS) is 11.7. The maximum Gasteiger partial charge on any atom is 0.351 e. The third kappa shape index (κ3) is 3.40. The fourth-order valence-electron chi connectivity index (χ4n) is 0.396. The molecule has 0 rings (SSSR count). The van der Waals surface area contributed by atoms with Crippen LogP contribution in [-0.4, -0.2) is 16.8 Å². The van der Waals surface area contributed by atoms with E-state index in [9.17, 15) is 4.79 Å². The molecule has 0 spiro atoms. The van der Waals surface area contributed by atoms with Crippen molar-refractivity contribution in [2.24, 2.45) is 11.7 Å². The minimum absolute atomic E-state index is 0.00731. The van der Waals surface area contributed by atoms with Crippen LogP contribution in [0.25, 0.3) is 0 Å². The predicted molar refractivity (Wildman–Crippen MR) is 42.5 cm³/mol. The molecule has 4 nitrogen and oxygen atoms in total. The highest BCUT2D eigenvalue weighted by atomic mass is 16.4. The van der Waals surface area contributed by atoms with E-state index in [1.54, 1.807) is 13.8 Å². The van der Waals surface area contributed by atoms with Crippen LogP contribution in [0.1, 0.15) is 13.8 Å². The van der Waals surface area contributed by atoms with Gasteiger partial charge in [-0.2, -0.15) is 0 Å². The first-order valence-electron chi connectivity index (χ1n) is 3.24. The number of carbonyl (C=O) groups is 1. The van der Waals surface area contributed by atoms with E-state index in [2.05, 4.69) is 0 Å². The molecule has 0 aliphatic heterocycles. The molecule has 0 heterocycles. The smallest absolute Gasteiger partial charge is 0.351 e. The lowest BCUT2D eigenvalue weighted by Gasteiger charge is -2.01. The molecular weight excluding hydrogens is 144 g/mol. The molecule has 0 aliphatic carbocycles. The summed E-state index contributed by atoms with van der Waals surface area (Å²) in [6, 6.07) is 0. The third-order valence-corrected chi connectivity index (χ3v) is 1.18. The van der Waals surface area contributed by atoms with Gasteiger partial charge in [0, 0.05) is 5.71 Å². The molecule has 0 unspecified atom stereocenters. The Balaban J connectivity index is 4.32. The maximum absolute atomic E-state index is 10.2. The fraction of sp³-hybridized carbons (Fsp3) is 0.429. The van der Waals surface area contributed by atoms with Gasteiger partial charge in [0.15, 0.2) is 0 Å². The number of allylic oxidation sites excluding steroid dienone is 1. The zero-order valence-corrected chi connectivity index (χ0v) is 6.59. The van der Waals surface area contributed by atoms with Gasteiger partial charge in [-0.25, -0.2) is 4.79 Å². The van der Waals surface area contributed by atoms with Gasteiger partial charge in [-0.3, -0.25) is 0 Å². The number of hydrogen-bond acceptors (Lipinski definition) is 3. The van der Waals surface area contributed by atoms with Crippen LogP contribution in [0.4, 0.5) is 0 Å². The van der Waals surface area contributed by atoms with Gasteiger partial charge < -0.3 is 16.2 Å². The number of hydrogen-bond donors (Lipinski definition) is 3. The lowest BCUT2D eigenvalue weighted by molar-refractivity contribution is -0.132. The van der Waals surface area contributed by atoms with Crippen LogP contribution in [0.15, 0.2) is 11.8 Å². The minimum Gasteiger partial charge on any atom is -0.477 e. The molecule has 0 saturated carbocycles. The van der Waals surface area contributed by atoms with Crippen molar-refractivity contribution in [3.05, 3.63) is 11.8 Å². The second kappa shape index (κ2) is 3.75. The summed E-state index contributed by atoms with van der Waals surface area (Å²) in [5, 5.41) is 15.6. The van der Waals surface area contributed by atoms with Crippen LogP contribution < -0.4 is 5.73 Å².